The summed E-state index contributed by atoms with van der Waals surface area (Å²) in [4.78, 5) is 32.4. The van der Waals surface area contributed by atoms with E-state index in [2.05, 4.69) is 53.5 Å². The van der Waals surface area contributed by atoms with Crippen molar-refractivity contribution in [3.63, 3.8) is 0 Å². The number of carbonyl (C=O) groups excluding carboxylic acids is 2. The molecule has 2 atom stereocenters. The monoisotopic (exact) mass is 466 g/mol. The first-order chi connectivity index (χ1) is 17.2. The van der Waals surface area contributed by atoms with Crippen molar-refractivity contribution in [1.82, 2.24) is 9.88 Å². The topological polar surface area (TPSA) is 59.5 Å². The number of hydrogen-bond donors (Lipinski definition) is 0. The standard InChI is InChI=1S/C30H30N2O3/c33-29(15-12-21-7-5-6-16-31-21)20-17-22-13-14-23(18-20)32(22)30(34)35-19-28-26-10-3-1-8-24(26)25-9-2-4-11-27(25)28/h1-11,16,20,22-23,28H,12-15,17-19H2. The minimum atomic E-state index is -0.223. The molecule has 3 aromatic rings. The molecule has 3 heterocycles. The van der Waals surface area contributed by atoms with E-state index in [4.69, 9.17) is 4.74 Å². The zero-order valence-corrected chi connectivity index (χ0v) is 19.8. The van der Waals surface area contributed by atoms with Gasteiger partial charge >= 0.3 is 6.09 Å². The van der Waals surface area contributed by atoms with Crippen molar-refractivity contribution in [2.24, 2.45) is 5.92 Å². The summed E-state index contributed by atoms with van der Waals surface area (Å²) in [5.74, 6) is 0.406. The van der Waals surface area contributed by atoms with Crippen LogP contribution in [0.25, 0.3) is 11.1 Å². The second-order valence-corrected chi connectivity index (χ2v) is 10.1. The highest BCUT2D eigenvalue weighted by molar-refractivity contribution is 5.82. The number of piperidine rings is 1. The van der Waals surface area contributed by atoms with Crippen LogP contribution in [0.3, 0.4) is 0 Å². The van der Waals surface area contributed by atoms with E-state index in [1.54, 1.807) is 6.20 Å². The van der Waals surface area contributed by atoms with Crippen LogP contribution in [-0.4, -0.2) is 40.5 Å². The van der Waals surface area contributed by atoms with Gasteiger partial charge in [-0.2, -0.15) is 0 Å². The second-order valence-electron chi connectivity index (χ2n) is 10.1. The van der Waals surface area contributed by atoms with Crippen molar-refractivity contribution < 1.29 is 14.3 Å². The van der Waals surface area contributed by atoms with E-state index in [1.807, 2.05) is 23.1 Å². The fourth-order valence-corrected chi connectivity index (χ4v) is 6.41. The van der Waals surface area contributed by atoms with Crippen molar-refractivity contribution in [3.05, 3.63) is 89.7 Å². The molecule has 2 bridgehead atoms. The molecule has 1 aliphatic carbocycles. The molecule has 5 heteroatoms. The minimum Gasteiger partial charge on any atom is -0.448 e. The third-order valence-corrected chi connectivity index (χ3v) is 8.09. The summed E-state index contributed by atoms with van der Waals surface area (Å²) in [6, 6.07) is 22.8. The molecular formula is C30H30N2O3. The van der Waals surface area contributed by atoms with Crippen LogP contribution in [0.2, 0.25) is 0 Å². The van der Waals surface area contributed by atoms with Crippen molar-refractivity contribution in [2.75, 3.05) is 6.61 Å². The third-order valence-electron chi connectivity index (χ3n) is 8.09. The molecule has 0 saturated carbocycles. The summed E-state index contributed by atoms with van der Waals surface area (Å²) in [5, 5.41) is 0. The number of ether oxygens (including phenoxy) is 1. The van der Waals surface area contributed by atoms with E-state index in [-0.39, 0.29) is 30.0 Å². The molecule has 2 fully saturated rings. The van der Waals surface area contributed by atoms with Gasteiger partial charge in [0.1, 0.15) is 12.4 Å². The van der Waals surface area contributed by atoms with Crippen molar-refractivity contribution in [2.45, 2.75) is 56.5 Å². The predicted molar refractivity (Wildman–Crippen MR) is 134 cm³/mol. The van der Waals surface area contributed by atoms with Crippen molar-refractivity contribution in [3.8, 4) is 11.1 Å². The van der Waals surface area contributed by atoms with E-state index in [0.717, 1.165) is 31.4 Å². The lowest BCUT2D eigenvalue weighted by molar-refractivity contribution is -0.125. The zero-order valence-electron chi connectivity index (χ0n) is 19.8. The summed E-state index contributed by atoms with van der Waals surface area (Å²) >= 11 is 0. The molecule has 1 aromatic heterocycles. The molecule has 2 aromatic carbocycles. The lowest BCUT2D eigenvalue weighted by atomic mass is 9.86. The van der Waals surface area contributed by atoms with Crippen LogP contribution >= 0.6 is 0 Å². The van der Waals surface area contributed by atoms with Crippen LogP contribution in [0.5, 0.6) is 0 Å². The molecule has 2 unspecified atom stereocenters. The molecule has 0 radical (unpaired) electrons. The van der Waals surface area contributed by atoms with Gasteiger partial charge in [-0.05, 0) is 66.5 Å². The number of nitrogens with zero attached hydrogens (tertiary/aromatic N) is 2. The van der Waals surface area contributed by atoms with Crippen LogP contribution in [0.15, 0.2) is 72.9 Å². The molecule has 35 heavy (non-hydrogen) atoms. The number of ketones is 1. The minimum absolute atomic E-state index is 0.0360. The number of hydrogen-bond acceptors (Lipinski definition) is 4. The normalized spacial score (nSPS) is 22.5. The van der Waals surface area contributed by atoms with Crippen LogP contribution in [0.4, 0.5) is 4.79 Å². The SMILES string of the molecule is O=C(CCc1ccccn1)C1CC2CCC(C1)N2C(=O)OCC1c2ccccc2-c2ccccc21. The summed E-state index contributed by atoms with van der Waals surface area (Å²) in [5.41, 5.74) is 5.87. The third kappa shape index (κ3) is 4.13. The van der Waals surface area contributed by atoms with Gasteiger partial charge in [0, 0.05) is 42.2 Å². The molecule has 2 saturated heterocycles. The average Bonchev–Trinajstić information content (AvgIpc) is 3.37. The molecule has 0 N–H and O–H groups in total. The van der Waals surface area contributed by atoms with Gasteiger partial charge in [-0.25, -0.2) is 4.79 Å². The van der Waals surface area contributed by atoms with Gasteiger partial charge in [0.05, 0.1) is 0 Å². The van der Waals surface area contributed by atoms with Gasteiger partial charge in [0.2, 0.25) is 0 Å². The first-order valence-corrected chi connectivity index (χ1v) is 12.7. The molecular weight excluding hydrogens is 436 g/mol. The Labute approximate surface area is 206 Å². The van der Waals surface area contributed by atoms with Gasteiger partial charge in [0.15, 0.2) is 0 Å². The second kappa shape index (κ2) is 9.29. The van der Waals surface area contributed by atoms with Crippen LogP contribution in [0.1, 0.15) is 54.8 Å². The Morgan fingerprint density at radius 1 is 0.857 bits per heavy atom. The van der Waals surface area contributed by atoms with Gasteiger partial charge < -0.3 is 9.64 Å². The zero-order chi connectivity index (χ0) is 23.8. The Hall–Kier alpha value is -3.47. The lowest BCUT2D eigenvalue weighted by Gasteiger charge is -2.37. The van der Waals surface area contributed by atoms with Crippen molar-refractivity contribution >= 4 is 11.9 Å². The number of carbonyl (C=O) groups is 2. The molecule has 0 spiro atoms. The number of aryl methyl sites for hydroxylation is 1. The fourth-order valence-electron chi connectivity index (χ4n) is 6.41. The number of fused-ring (bicyclic) bond motifs is 5. The van der Waals surface area contributed by atoms with Crippen LogP contribution in [0, 0.1) is 5.92 Å². The smallest absolute Gasteiger partial charge is 0.410 e. The maximum Gasteiger partial charge on any atom is 0.410 e. The first-order valence-electron chi connectivity index (χ1n) is 12.7. The van der Waals surface area contributed by atoms with Gasteiger partial charge in [-0.15, -0.1) is 0 Å². The van der Waals surface area contributed by atoms with E-state index < -0.39 is 0 Å². The fraction of sp³-hybridized carbons (Fsp3) is 0.367. The number of rotatable bonds is 6. The molecule has 2 aliphatic heterocycles. The average molecular weight is 467 g/mol. The number of aromatic nitrogens is 1. The maximum absolute atomic E-state index is 13.2. The number of amides is 1. The Morgan fingerprint density at radius 3 is 2.11 bits per heavy atom. The number of benzene rings is 2. The van der Waals surface area contributed by atoms with Crippen LogP contribution in [-0.2, 0) is 16.0 Å². The van der Waals surface area contributed by atoms with Crippen molar-refractivity contribution in [1.29, 1.82) is 0 Å². The van der Waals surface area contributed by atoms with E-state index in [9.17, 15) is 9.59 Å². The summed E-state index contributed by atoms with van der Waals surface area (Å²) in [7, 11) is 0. The van der Waals surface area contributed by atoms with Crippen LogP contribution < -0.4 is 0 Å². The largest absolute Gasteiger partial charge is 0.448 e. The first kappa shape index (κ1) is 22.0. The Kier molecular flexibility index (Phi) is 5.85. The predicted octanol–water partition coefficient (Wildman–Crippen LogP) is 5.78. The van der Waals surface area contributed by atoms with E-state index >= 15 is 0 Å². The summed E-state index contributed by atoms with van der Waals surface area (Å²) in [6.45, 7) is 0.342. The Balaban J connectivity index is 1.08. The molecule has 6 rings (SSSR count). The molecule has 1 amide bonds. The quantitative estimate of drug-likeness (QED) is 0.462. The summed E-state index contributed by atoms with van der Waals surface area (Å²) < 4.78 is 5.95. The number of Topliss-reactive ketones (excluding diaryl/α,β-unsaturated/α-hetero) is 1. The summed E-state index contributed by atoms with van der Waals surface area (Å²) in [6.07, 6.45) is 6.17. The highest BCUT2D eigenvalue weighted by atomic mass is 16.6. The van der Waals surface area contributed by atoms with E-state index in [1.165, 1.54) is 22.3 Å². The van der Waals surface area contributed by atoms with Gasteiger partial charge in [0.25, 0.3) is 0 Å². The number of pyridine rings is 1. The Morgan fingerprint density at radius 2 is 1.49 bits per heavy atom. The Bertz CT molecular complexity index is 1180. The molecule has 178 valence electrons. The van der Waals surface area contributed by atoms with Gasteiger partial charge in [-0.1, -0.05) is 54.6 Å². The van der Waals surface area contributed by atoms with E-state index in [0.29, 0.717) is 25.2 Å². The highest BCUT2D eigenvalue weighted by Gasteiger charge is 2.46. The molecule has 3 aliphatic rings. The molecule has 5 nitrogen and oxygen atoms in total. The van der Waals surface area contributed by atoms with Gasteiger partial charge in [-0.3, -0.25) is 9.78 Å². The lowest BCUT2D eigenvalue weighted by Crippen LogP contribution is -2.48. The highest BCUT2D eigenvalue weighted by Crippen LogP contribution is 2.45. The maximum atomic E-state index is 13.2.